The van der Waals surface area contributed by atoms with Crippen molar-refractivity contribution < 1.29 is 27.8 Å². The summed E-state index contributed by atoms with van der Waals surface area (Å²) in [6.07, 6.45) is -1.74. The highest BCUT2D eigenvalue weighted by molar-refractivity contribution is 7.09. The molecule has 12 heteroatoms. The second-order valence-corrected chi connectivity index (χ2v) is 9.14. The van der Waals surface area contributed by atoms with Gasteiger partial charge >= 0.3 is 12.1 Å². The molecular formula is C20H26F3N5O3S. The van der Waals surface area contributed by atoms with Crippen LogP contribution < -0.4 is 5.32 Å². The first-order valence-corrected chi connectivity index (χ1v) is 11.1. The molecule has 0 bridgehead atoms. The van der Waals surface area contributed by atoms with Crippen molar-refractivity contribution in [2.45, 2.75) is 57.5 Å². The fraction of sp³-hybridized carbons (Fsp3) is 0.600. The zero-order valence-electron chi connectivity index (χ0n) is 17.9. The van der Waals surface area contributed by atoms with Gasteiger partial charge in [-0.3, -0.25) is 4.90 Å². The molecule has 176 valence electrons. The van der Waals surface area contributed by atoms with E-state index in [4.69, 9.17) is 14.6 Å². The van der Waals surface area contributed by atoms with Gasteiger partial charge in [0.1, 0.15) is 5.82 Å². The molecule has 0 saturated carbocycles. The van der Waals surface area contributed by atoms with E-state index in [9.17, 15) is 13.2 Å². The molecule has 2 aromatic rings. The van der Waals surface area contributed by atoms with Gasteiger partial charge in [-0.2, -0.15) is 18.3 Å². The zero-order chi connectivity index (χ0) is 23.4. The molecule has 2 aromatic heterocycles. The molecule has 8 nitrogen and oxygen atoms in total. The molecule has 0 aliphatic carbocycles. The number of rotatable bonds is 4. The van der Waals surface area contributed by atoms with Crippen LogP contribution in [0.4, 0.5) is 19.0 Å². The summed E-state index contributed by atoms with van der Waals surface area (Å²) in [5.41, 5.74) is 2.09. The number of carboxylic acid groups (broad SMARTS) is 1. The number of nitrogens with zero attached hydrogens (tertiary/aromatic N) is 4. The maximum atomic E-state index is 10.6. The lowest BCUT2D eigenvalue weighted by molar-refractivity contribution is -0.192. The average molecular weight is 474 g/mol. The van der Waals surface area contributed by atoms with Crippen LogP contribution >= 0.6 is 11.3 Å². The van der Waals surface area contributed by atoms with Gasteiger partial charge in [-0.25, -0.2) is 9.78 Å². The first-order chi connectivity index (χ1) is 15.0. The van der Waals surface area contributed by atoms with Crippen LogP contribution in [0.15, 0.2) is 17.5 Å². The number of thiazole rings is 1. The molecule has 0 radical (unpaired) electrons. The van der Waals surface area contributed by atoms with Crippen LogP contribution in [0.2, 0.25) is 0 Å². The summed E-state index contributed by atoms with van der Waals surface area (Å²) in [5.74, 6) is -1.92. The number of halogens is 3. The third-order valence-electron chi connectivity index (χ3n) is 5.27. The van der Waals surface area contributed by atoms with Crippen molar-refractivity contribution in [2.75, 3.05) is 25.0 Å². The summed E-state index contributed by atoms with van der Waals surface area (Å²) < 4.78 is 38.0. The summed E-state index contributed by atoms with van der Waals surface area (Å²) in [6.45, 7) is 7.79. The monoisotopic (exact) mass is 473 g/mol. The Morgan fingerprint density at radius 1 is 1.38 bits per heavy atom. The number of ether oxygens (including phenoxy) is 1. The summed E-state index contributed by atoms with van der Waals surface area (Å²) in [4.78, 5) is 16.0. The molecule has 2 atom stereocenters. The molecule has 2 aliphatic heterocycles. The van der Waals surface area contributed by atoms with Crippen LogP contribution in [0.25, 0.3) is 0 Å². The fourth-order valence-electron chi connectivity index (χ4n) is 3.94. The summed E-state index contributed by atoms with van der Waals surface area (Å²) in [5, 5.41) is 22.3. The molecule has 4 rings (SSSR count). The molecule has 0 amide bonds. The van der Waals surface area contributed by atoms with E-state index in [1.807, 2.05) is 19.1 Å². The second-order valence-electron chi connectivity index (χ2n) is 8.07. The number of anilines is 1. The Morgan fingerprint density at radius 2 is 2.12 bits per heavy atom. The number of aromatic nitrogens is 3. The van der Waals surface area contributed by atoms with Gasteiger partial charge in [0, 0.05) is 24.9 Å². The summed E-state index contributed by atoms with van der Waals surface area (Å²) in [7, 11) is 0. The zero-order valence-corrected chi connectivity index (χ0v) is 18.7. The molecule has 2 N–H and O–H groups in total. The average Bonchev–Trinajstić information content (AvgIpc) is 3.29. The third-order valence-corrected chi connectivity index (χ3v) is 6.09. The standard InChI is InChI=1S/C18H25N5OS.C2HF3O2/c1-13-4-5-17(22-21-13)20-15-8-18(24-10-15)6-3-7-23(12-18)9-16-11-25-14(2)19-16;3-2(4,5)1(6)7/h4-5,11,15H,3,6-10,12H2,1-2H3,(H,20,22);(H,6,7). The van der Waals surface area contributed by atoms with Gasteiger partial charge in [-0.1, -0.05) is 0 Å². The van der Waals surface area contributed by atoms with Gasteiger partial charge in [0.15, 0.2) is 0 Å². The van der Waals surface area contributed by atoms with Crippen molar-refractivity contribution in [3.05, 3.63) is 33.9 Å². The van der Waals surface area contributed by atoms with E-state index in [-0.39, 0.29) is 5.60 Å². The first kappa shape index (κ1) is 24.3. The SMILES string of the molecule is Cc1ccc(NC2COC3(CCCN(Cc4csc(C)n4)C3)C2)nn1.O=C(O)C(F)(F)F. The van der Waals surface area contributed by atoms with Crippen LogP contribution in [0, 0.1) is 13.8 Å². The number of aryl methyl sites for hydroxylation is 2. The summed E-state index contributed by atoms with van der Waals surface area (Å²) in [6, 6.07) is 4.28. The smallest absolute Gasteiger partial charge is 0.475 e. The lowest BCUT2D eigenvalue weighted by atomic mass is 9.88. The van der Waals surface area contributed by atoms with Crippen LogP contribution in [-0.2, 0) is 16.1 Å². The minimum atomic E-state index is -5.08. The number of hydrogen-bond acceptors (Lipinski definition) is 8. The predicted molar refractivity (Wildman–Crippen MR) is 113 cm³/mol. The summed E-state index contributed by atoms with van der Waals surface area (Å²) >= 11 is 1.73. The number of hydrogen-bond donors (Lipinski definition) is 2. The van der Waals surface area contributed by atoms with E-state index in [1.165, 1.54) is 12.1 Å². The number of aliphatic carboxylic acids is 1. The van der Waals surface area contributed by atoms with Crippen molar-refractivity contribution in [1.29, 1.82) is 0 Å². The maximum absolute atomic E-state index is 10.6. The van der Waals surface area contributed by atoms with Gasteiger partial charge < -0.3 is 15.2 Å². The second kappa shape index (κ2) is 10.1. The van der Waals surface area contributed by atoms with Crippen molar-refractivity contribution in [1.82, 2.24) is 20.1 Å². The number of likely N-dealkylation sites (tertiary alicyclic amines) is 1. The van der Waals surface area contributed by atoms with E-state index >= 15 is 0 Å². The Kier molecular flexibility index (Phi) is 7.67. The lowest BCUT2D eigenvalue weighted by Gasteiger charge is -2.39. The highest BCUT2D eigenvalue weighted by Crippen LogP contribution is 2.36. The molecule has 0 aromatic carbocycles. The molecule has 2 saturated heterocycles. The maximum Gasteiger partial charge on any atom is 0.490 e. The van der Waals surface area contributed by atoms with Crippen LogP contribution in [0.5, 0.6) is 0 Å². The molecule has 4 heterocycles. The fourth-order valence-corrected chi connectivity index (χ4v) is 4.55. The minimum Gasteiger partial charge on any atom is -0.475 e. The number of carboxylic acids is 1. The van der Waals surface area contributed by atoms with E-state index in [1.54, 1.807) is 11.3 Å². The molecule has 32 heavy (non-hydrogen) atoms. The van der Waals surface area contributed by atoms with Crippen molar-refractivity contribution in [3.63, 3.8) is 0 Å². The highest BCUT2D eigenvalue weighted by Gasteiger charge is 2.43. The minimum absolute atomic E-state index is 0.0287. The Balaban J connectivity index is 0.000000360. The Hall–Kier alpha value is -2.31. The molecular weight excluding hydrogens is 447 g/mol. The lowest BCUT2D eigenvalue weighted by Crippen LogP contribution is -2.47. The molecule has 2 fully saturated rings. The normalized spacial score (nSPS) is 23.6. The van der Waals surface area contributed by atoms with Crippen LogP contribution in [-0.4, -0.2) is 68.7 Å². The molecule has 2 aliphatic rings. The van der Waals surface area contributed by atoms with E-state index < -0.39 is 12.1 Å². The first-order valence-electron chi connectivity index (χ1n) is 10.2. The van der Waals surface area contributed by atoms with Gasteiger partial charge in [0.05, 0.1) is 34.6 Å². The quantitative estimate of drug-likeness (QED) is 0.697. The Morgan fingerprint density at radius 3 is 2.72 bits per heavy atom. The Labute approximate surface area is 187 Å². The topological polar surface area (TPSA) is 100 Å². The van der Waals surface area contributed by atoms with E-state index in [0.717, 1.165) is 55.6 Å². The predicted octanol–water partition coefficient (Wildman–Crippen LogP) is 3.42. The highest BCUT2D eigenvalue weighted by atomic mass is 32.1. The van der Waals surface area contributed by atoms with Gasteiger partial charge in [0.25, 0.3) is 0 Å². The van der Waals surface area contributed by atoms with Gasteiger partial charge in [0.2, 0.25) is 0 Å². The van der Waals surface area contributed by atoms with E-state index in [0.29, 0.717) is 6.04 Å². The van der Waals surface area contributed by atoms with Crippen molar-refractivity contribution >= 4 is 23.1 Å². The Bertz CT molecular complexity index is 909. The van der Waals surface area contributed by atoms with Gasteiger partial charge in [-0.05, 0) is 45.4 Å². The number of nitrogens with one attached hydrogen (secondary N) is 1. The van der Waals surface area contributed by atoms with Gasteiger partial charge in [-0.15, -0.1) is 16.4 Å². The molecule has 1 spiro atoms. The largest absolute Gasteiger partial charge is 0.490 e. The molecule has 2 unspecified atom stereocenters. The van der Waals surface area contributed by atoms with Crippen LogP contribution in [0.3, 0.4) is 0 Å². The number of alkyl halides is 3. The third kappa shape index (κ3) is 6.84. The van der Waals surface area contributed by atoms with Crippen LogP contribution in [0.1, 0.15) is 35.7 Å². The van der Waals surface area contributed by atoms with E-state index in [2.05, 4.69) is 37.7 Å². The number of carbonyl (C=O) groups is 1. The van der Waals surface area contributed by atoms with Crippen molar-refractivity contribution in [3.8, 4) is 0 Å². The number of piperidine rings is 1. The van der Waals surface area contributed by atoms with Crippen molar-refractivity contribution in [2.24, 2.45) is 0 Å².